The SMILES string of the molecule is C=C(CC)O[PH](=O)C1COC(=O)O1. The fourth-order valence-electron chi connectivity index (χ4n) is 0.724. The Kier molecular flexibility index (Phi) is 3.37. The summed E-state index contributed by atoms with van der Waals surface area (Å²) in [5, 5.41) is 0. The lowest BCUT2D eigenvalue weighted by molar-refractivity contribution is 0.127. The Hall–Kier alpha value is -0.960. The van der Waals surface area contributed by atoms with E-state index < -0.39 is 20.0 Å². The Bertz CT molecular complexity index is 249. The number of carbonyl (C=O) groups is 1. The van der Waals surface area contributed by atoms with Crippen LogP contribution in [0.15, 0.2) is 12.3 Å². The van der Waals surface area contributed by atoms with Crippen LogP contribution in [0.2, 0.25) is 0 Å². The molecule has 2 unspecified atom stereocenters. The Morgan fingerprint density at radius 1 is 1.85 bits per heavy atom. The minimum atomic E-state index is -2.43. The van der Waals surface area contributed by atoms with Gasteiger partial charge in [0.15, 0.2) is 0 Å². The molecule has 0 aromatic carbocycles. The third kappa shape index (κ3) is 2.77. The summed E-state index contributed by atoms with van der Waals surface area (Å²) in [6.45, 7) is 5.35. The highest BCUT2D eigenvalue weighted by Gasteiger charge is 2.31. The van der Waals surface area contributed by atoms with Crippen LogP contribution in [0, 0.1) is 0 Å². The molecule has 1 aliphatic rings. The predicted octanol–water partition coefficient (Wildman–Crippen LogP) is 1.89. The molecule has 0 aromatic heterocycles. The second-order valence-electron chi connectivity index (χ2n) is 2.48. The first-order chi connectivity index (χ1) is 6.13. The monoisotopic (exact) mass is 206 g/mol. The van der Waals surface area contributed by atoms with Crippen molar-refractivity contribution in [2.45, 2.75) is 19.2 Å². The van der Waals surface area contributed by atoms with Gasteiger partial charge in [0, 0.05) is 6.42 Å². The highest BCUT2D eigenvalue weighted by Crippen LogP contribution is 2.36. The molecule has 0 bridgehead atoms. The van der Waals surface area contributed by atoms with Gasteiger partial charge in [-0.1, -0.05) is 13.5 Å². The maximum absolute atomic E-state index is 11.3. The maximum Gasteiger partial charge on any atom is 0.509 e. The maximum atomic E-state index is 11.3. The van der Waals surface area contributed by atoms with Gasteiger partial charge in [-0.05, 0) is 0 Å². The number of ether oxygens (including phenoxy) is 2. The molecule has 13 heavy (non-hydrogen) atoms. The van der Waals surface area contributed by atoms with Crippen LogP contribution >= 0.6 is 8.03 Å². The molecule has 0 saturated carbocycles. The van der Waals surface area contributed by atoms with Crippen molar-refractivity contribution in [2.75, 3.05) is 6.61 Å². The predicted molar refractivity (Wildman–Crippen MR) is 45.7 cm³/mol. The summed E-state index contributed by atoms with van der Waals surface area (Å²) in [7, 11) is -2.43. The van der Waals surface area contributed by atoms with Gasteiger partial charge >= 0.3 is 6.16 Å². The van der Waals surface area contributed by atoms with E-state index in [1.54, 1.807) is 0 Å². The smallest absolute Gasteiger partial charge is 0.447 e. The van der Waals surface area contributed by atoms with Crippen LogP contribution < -0.4 is 0 Å². The van der Waals surface area contributed by atoms with Gasteiger partial charge in [-0.3, -0.25) is 4.57 Å². The topological polar surface area (TPSA) is 61.8 Å². The summed E-state index contributed by atoms with van der Waals surface area (Å²) in [5.74, 6) is -0.340. The molecule has 0 aromatic rings. The largest absolute Gasteiger partial charge is 0.509 e. The highest BCUT2D eigenvalue weighted by atomic mass is 31.1. The van der Waals surface area contributed by atoms with Crippen LogP contribution in [0.1, 0.15) is 13.3 Å². The summed E-state index contributed by atoms with van der Waals surface area (Å²) in [4.78, 5) is 10.5. The molecular weight excluding hydrogens is 195 g/mol. The average molecular weight is 206 g/mol. The molecule has 1 heterocycles. The summed E-state index contributed by atoms with van der Waals surface area (Å²) < 4.78 is 25.3. The molecule has 1 aliphatic heterocycles. The number of hydrogen-bond donors (Lipinski definition) is 0. The Balaban J connectivity index is 2.40. The van der Waals surface area contributed by atoms with Crippen molar-refractivity contribution < 1.29 is 23.4 Å². The third-order valence-electron chi connectivity index (χ3n) is 1.49. The summed E-state index contributed by atoms with van der Waals surface area (Å²) >= 11 is 0. The Morgan fingerprint density at radius 3 is 3.00 bits per heavy atom. The number of allylic oxidation sites excluding steroid dienone is 1. The molecule has 0 spiro atoms. The Morgan fingerprint density at radius 2 is 2.54 bits per heavy atom. The fraction of sp³-hybridized carbons (Fsp3) is 0.571. The number of rotatable bonds is 4. The van der Waals surface area contributed by atoms with Gasteiger partial charge in [-0.15, -0.1) is 0 Å². The highest BCUT2D eigenvalue weighted by molar-refractivity contribution is 7.40. The average Bonchev–Trinajstić information content (AvgIpc) is 2.51. The van der Waals surface area contributed by atoms with E-state index >= 15 is 0 Å². The van der Waals surface area contributed by atoms with E-state index in [0.29, 0.717) is 12.2 Å². The zero-order valence-electron chi connectivity index (χ0n) is 7.24. The van der Waals surface area contributed by atoms with Crippen LogP contribution in [0.25, 0.3) is 0 Å². The molecule has 1 rings (SSSR count). The summed E-state index contributed by atoms with van der Waals surface area (Å²) in [6.07, 6.45) is -0.216. The molecule has 5 nitrogen and oxygen atoms in total. The molecule has 0 radical (unpaired) electrons. The van der Waals surface area contributed by atoms with Gasteiger partial charge in [0.25, 0.3) is 8.03 Å². The first-order valence-electron chi connectivity index (χ1n) is 3.86. The van der Waals surface area contributed by atoms with Gasteiger partial charge < -0.3 is 14.0 Å². The van der Waals surface area contributed by atoms with Crippen molar-refractivity contribution in [1.29, 1.82) is 0 Å². The van der Waals surface area contributed by atoms with Gasteiger partial charge in [-0.25, -0.2) is 4.79 Å². The molecular formula is C7H11O5P. The Labute approximate surface area is 76.5 Å². The molecule has 0 aliphatic carbocycles. The van der Waals surface area contributed by atoms with Crippen LogP contribution in [0.3, 0.4) is 0 Å². The summed E-state index contributed by atoms with van der Waals surface area (Å²) in [6, 6.07) is 0. The minimum absolute atomic E-state index is 0.00633. The minimum Gasteiger partial charge on any atom is -0.447 e. The first-order valence-corrected chi connectivity index (χ1v) is 5.25. The van der Waals surface area contributed by atoms with Gasteiger partial charge in [0.2, 0.25) is 5.85 Å². The lowest BCUT2D eigenvalue weighted by atomic mass is 10.4. The number of cyclic esters (lactones) is 2. The van der Waals surface area contributed by atoms with Crippen molar-refractivity contribution >= 4 is 14.2 Å². The van der Waals surface area contributed by atoms with E-state index in [1.165, 1.54) is 0 Å². The molecule has 2 atom stereocenters. The van der Waals surface area contributed by atoms with Gasteiger partial charge in [0.05, 0.1) is 5.76 Å². The molecule has 74 valence electrons. The van der Waals surface area contributed by atoms with Crippen LogP contribution in [-0.4, -0.2) is 18.6 Å². The first kappa shape index (κ1) is 10.1. The van der Waals surface area contributed by atoms with E-state index in [2.05, 4.69) is 16.1 Å². The van der Waals surface area contributed by atoms with Crippen molar-refractivity contribution in [1.82, 2.24) is 0 Å². The molecule has 1 fully saturated rings. The molecule has 1 saturated heterocycles. The van der Waals surface area contributed by atoms with E-state index in [1.807, 2.05) is 6.92 Å². The second-order valence-corrected chi connectivity index (χ2v) is 3.97. The standard InChI is InChI=1S/C7H11O5P/c1-3-5(2)12-13(9)6-4-10-7(8)11-6/h6,13H,2-4H2,1H3. The molecule has 0 N–H and O–H groups in total. The van der Waals surface area contributed by atoms with Crippen molar-refractivity contribution in [2.24, 2.45) is 0 Å². The van der Waals surface area contributed by atoms with E-state index in [9.17, 15) is 9.36 Å². The lowest BCUT2D eigenvalue weighted by Crippen LogP contribution is -2.04. The third-order valence-corrected chi connectivity index (χ3v) is 2.79. The van der Waals surface area contributed by atoms with E-state index in [0.717, 1.165) is 0 Å². The zero-order valence-corrected chi connectivity index (χ0v) is 8.24. The van der Waals surface area contributed by atoms with Crippen LogP contribution in [0.4, 0.5) is 4.79 Å². The molecule has 0 amide bonds. The van der Waals surface area contributed by atoms with Crippen LogP contribution in [-0.2, 0) is 18.6 Å². The van der Waals surface area contributed by atoms with E-state index in [-0.39, 0.29) is 6.61 Å². The van der Waals surface area contributed by atoms with Gasteiger partial charge in [0.1, 0.15) is 6.61 Å². The van der Waals surface area contributed by atoms with Crippen LogP contribution in [0.5, 0.6) is 0 Å². The quantitative estimate of drug-likeness (QED) is 0.399. The summed E-state index contributed by atoms with van der Waals surface area (Å²) in [5.41, 5.74) is 0. The van der Waals surface area contributed by atoms with Crippen molar-refractivity contribution in [3.63, 3.8) is 0 Å². The number of carbonyl (C=O) groups excluding carboxylic acids is 1. The van der Waals surface area contributed by atoms with Gasteiger partial charge in [-0.2, -0.15) is 0 Å². The normalized spacial score (nSPS) is 23.2. The van der Waals surface area contributed by atoms with E-state index in [4.69, 9.17) is 4.52 Å². The number of hydrogen-bond acceptors (Lipinski definition) is 5. The van der Waals surface area contributed by atoms with Crippen molar-refractivity contribution in [3.05, 3.63) is 12.3 Å². The zero-order chi connectivity index (χ0) is 9.84. The van der Waals surface area contributed by atoms with Crippen molar-refractivity contribution in [3.8, 4) is 0 Å². The molecule has 6 heteroatoms. The lowest BCUT2D eigenvalue weighted by Gasteiger charge is -2.09. The fourth-order valence-corrected chi connectivity index (χ4v) is 1.70. The second kappa shape index (κ2) is 4.33.